The smallest absolute Gasteiger partial charge is 0.317 e. The van der Waals surface area contributed by atoms with Crippen molar-refractivity contribution >= 4 is 6.03 Å². The van der Waals surface area contributed by atoms with Crippen LogP contribution in [0.15, 0.2) is 24.5 Å². The van der Waals surface area contributed by atoms with Crippen LogP contribution in [0.4, 0.5) is 4.79 Å². The van der Waals surface area contributed by atoms with Crippen LogP contribution in [0, 0.1) is 0 Å². The van der Waals surface area contributed by atoms with E-state index >= 15 is 0 Å². The highest BCUT2D eigenvalue weighted by Crippen LogP contribution is 2.14. The van der Waals surface area contributed by atoms with E-state index in [4.69, 9.17) is 4.74 Å². The summed E-state index contributed by atoms with van der Waals surface area (Å²) in [4.78, 5) is 20.9. The van der Waals surface area contributed by atoms with Crippen LogP contribution in [0.5, 0.6) is 0 Å². The van der Waals surface area contributed by atoms with E-state index in [1.807, 2.05) is 31.1 Å². The number of nitrogens with zero attached hydrogens (tertiary/aromatic N) is 3. The zero-order chi connectivity index (χ0) is 17.6. The largest absolute Gasteiger partial charge is 0.372 e. The number of piperidine rings is 1. The Bertz CT molecular complexity index is 536. The molecule has 2 aliphatic rings. The van der Waals surface area contributed by atoms with Gasteiger partial charge in [0, 0.05) is 51.2 Å². The fourth-order valence-electron chi connectivity index (χ4n) is 3.75. The van der Waals surface area contributed by atoms with Crippen molar-refractivity contribution in [2.75, 3.05) is 32.7 Å². The number of likely N-dealkylation sites (tertiary alicyclic amines) is 1. The molecule has 2 atom stereocenters. The molecule has 0 radical (unpaired) electrons. The highest BCUT2D eigenvalue weighted by Gasteiger charge is 2.28. The third-order valence-electron chi connectivity index (χ3n) is 5.09. The lowest BCUT2D eigenvalue weighted by molar-refractivity contribution is -0.0549. The molecule has 0 spiro atoms. The summed E-state index contributed by atoms with van der Waals surface area (Å²) in [6, 6.07) is 4.52. The first kappa shape index (κ1) is 18.1. The third-order valence-corrected chi connectivity index (χ3v) is 5.09. The molecule has 138 valence electrons. The number of nitrogens with one attached hydrogen (secondary N) is 1. The molecule has 1 aromatic rings. The van der Waals surface area contributed by atoms with E-state index in [-0.39, 0.29) is 24.3 Å². The molecule has 6 nitrogen and oxygen atoms in total. The number of morpholine rings is 1. The molecular weight excluding hydrogens is 316 g/mol. The molecule has 3 heterocycles. The maximum absolute atomic E-state index is 12.5. The SMILES string of the molecule is C[C@@H]1CN(C(=O)NC2CCN(CCc3ccncc3)CC2)C[C@@H](C)O1. The van der Waals surface area contributed by atoms with Crippen molar-refractivity contribution in [1.29, 1.82) is 0 Å². The Hall–Kier alpha value is -1.66. The van der Waals surface area contributed by atoms with Crippen molar-refractivity contribution in [1.82, 2.24) is 20.1 Å². The number of amides is 2. The summed E-state index contributed by atoms with van der Waals surface area (Å²) in [5.41, 5.74) is 1.33. The van der Waals surface area contributed by atoms with Gasteiger partial charge in [-0.05, 0) is 50.8 Å². The quantitative estimate of drug-likeness (QED) is 0.905. The van der Waals surface area contributed by atoms with E-state index in [2.05, 4.69) is 27.3 Å². The zero-order valence-electron chi connectivity index (χ0n) is 15.4. The second kappa shape index (κ2) is 8.63. The molecule has 0 bridgehead atoms. The minimum Gasteiger partial charge on any atom is -0.372 e. The molecule has 0 aliphatic carbocycles. The Morgan fingerprint density at radius 1 is 1.20 bits per heavy atom. The number of pyridine rings is 1. The van der Waals surface area contributed by atoms with Crippen LogP contribution >= 0.6 is 0 Å². The van der Waals surface area contributed by atoms with Crippen molar-refractivity contribution in [3.8, 4) is 0 Å². The number of hydrogen-bond donors (Lipinski definition) is 1. The van der Waals surface area contributed by atoms with Gasteiger partial charge >= 0.3 is 6.03 Å². The molecule has 6 heteroatoms. The van der Waals surface area contributed by atoms with Gasteiger partial charge in [0.2, 0.25) is 0 Å². The third kappa shape index (κ3) is 5.41. The average molecular weight is 346 g/mol. The van der Waals surface area contributed by atoms with Crippen molar-refractivity contribution in [3.05, 3.63) is 30.1 Å². The van der Waals surface area contributed by atoms with E-state index < -0.39 is 0 Å². The Kier molecular flexibility index (Phi) is 6.26. The lowest BCUT2D eigenvalue weighted by atomic mass is 10.0. The second-order valence-corrected chi connectivity index (χ2v) is 7.33. The Balaban J connectivity index is 1.38. The molecule has 3 rings (SSSR count). The lowest BCUT2D eigenvalue weighted by Crippen LogP contribution is -2.55. The van der Waals surface area contributed by atoms with Crippen molar-refractivity contribution in [3.63, 3.8) is 0 Å². The van der Waals surface area contributed by atoms with Gasteiger partial charge in [0.05, 0.1) is 12.2 Å². The average Bonchev–Trinajstić information content (AvgIpc) is 2.61. The number of carbonyl (C=O) groups is 1. The number of hydrogen-bond acceptors (Lipinski definition) is 4. The Labute approximate surface area is 150 Å². The summed E-state index contributed by atoms with van der Waals surface area (Å²) in [5, 5.41) is 3.22. The van der Waals surface area contributed by atoms with E-state index in [1.165, 1.54) is 5.56 Å². The fourth-order valence-corrected chi connectivity index (χ4v) is 3.75. The van der Waals surface area contributed by atoms with Crippen LogP contribution in [-0.2, 0) is 11.2 Å². The molecule has 2 saturated heterocycles. The standard InChI is InChI=1S/C19H30N4O2/c1-15-13-23(14-16(2)25-15)19(24)21-18-6-11-22(12-7-18)10-5-17-3-8-20-9-4-17/h3-4,8-9,15-16,18H,5-7,10-14H2,1-2H3,(H,21,24)/t15-,16-/m1/s1. The molecule has 2 amide bonds. The highest BCUT2D eigenvalue weighted by molar-refractivity contribution is 5.74. The van der Waals surface area contributed by atoms with Crippen molar-refractivity contribution in [2.24, 2.45) is 0 Å². The van der Waals surface area contributed by atoms with Crippen molar-refractivity contribution < 1.29 is 9.53 Å². The highest BCUT2D eigenvalue weighted by atomic mass is 16.5. The van der Waals surface area contributed by atoms with Gasteiger partial charge in [-0.1, -0.05) is 0 Å². The monoisotopic (exact) mass is 346 g/mol. The summed E-state index contributed by atoms with van der Waals surface area (Å²) < 4.78 is 5.70. The van der Waals surface area contributed by atoms with Crippen LogP contribution in [0.3, 0.4) is 0 Å². The number of ether oxygens (including phenoxy) is 1. The lowest BCUT2D eigenvalue weighted by Gasteiger charge is -2.37. The minimum absolute atomic E-state index is 0.0669. The molecule has 2 fully saturated rings. The molecule has 0 unspecified atom stereocenters. The normalized spacial score (nSPS) is 25.8. The number of urea groups is 1. The second-order valence-electron chi connectivity index (χ2n) is 7.33. The minimum atomic E-state index is 0.0669. The summed E-state index contributed by atoms with van der Waals surface area (Å²) in [6.07, 6.45) is 7.04. The molecule has 0 saturated carbocycles. The van der Waals surface area contributed by atoms with Gasteiger partial charge in [-0.25, -0.2) is 4.79 Å². The van der Waals surface area contributed by atoms with E-state index in [1.54, 1.807) is 0 Å². The molecule has 2 aliphatic heterocycles. The van der Waals surface area contributed by atoms with E-state index in [0.29, 0.717) is 13.1 Å². The summed E-state index contributed by atoms with van der Waals surface area (Å²) >= 11 is 0. The molecule has 1 aromatic heterocycles. The van der Waals surface area contributed by atoms with Gasteiger partial charge in [-0.2, -0.15) is 0 Å². The van der Waals surface area contributed by atoms with Gasteiger partial charge in [-0.15, -0.1) is 0 Å². The fraction of sp³-hybridized carbons (Fsp3) is 0.684. The predicted octanol–water partition coefficient (Wildman–Crippen LogP) is 1.91. The maximum atomic E-state index is 12.5. The van der Waals surface area contributed by atoms with E-state index in [0.717, 1.165) is 38.9 Å². The first-order valence-electron chi connectivity index (χ1n) is 9.42. The Morgan fingerprint density at radius 2 is 1.84 bits per heavy atom. The van der Waals surface area contributed by atoms with Gasteiger partial charge in [0.1, 0.15) is 0 Å². The number of rotatable bonds is 4. The van der Waals surface area contributed by atoms with E-state index in [9.17, 15) is 4.79 Å². The van der Waals surface area contributed by atoms with Crippen LogP contribution in [0.25, 0.3) is 0 Å². The zero-order valence-corrected chi connectivity index (χ0v) is 15.4. The van der Waals surface area contributed by atoms with Gasteiger partial charge in [-0.3, -0.25) is 4.98 Å². The number of carbonyl (C=O) groups excluding carboxylic acids is 1. The Morgan fingerprint density at radius 3 is 2.48 bits per heavy atom. The van der Waals surface area contributed by atoms with Crippen LogP contribution in [0.2, 0.25) is 0 Å². The molecule has 1 N–H and O–H groups in total. The molecule has 0 aromatic carbocycles. The number of aromatic nitrogens is 1. The summed E-state index contributed by atoms with van der Waals surface area (Å²) in [6.45, 7) is 8.58. The predicted molar refractivity (Wildman–Crippen MR) is 97.5 cm³/mol. The van der Waals surface area contributed by atoms with Crippen LogP contribution in [-0.4, -0.2) is 71.8 Å². The topological polar surface area (TPSA) is 57.7 Å². The van der Waals surface area contributed by atoms with Crippen molar-refractivity contribution in [2.45, 2.75) is 51.4 Å². The first-order chi connectivity index (χ1) is 12.1. The maximum Gasteiger partial charge on any atom is 0.317 e. The van der Waals surface area contributed by atoms with Crippen LogP contribution in [0.1, 0.15) is 32.3 Å². The molecular formula is C19H30N4O2. The summed E-state index contributed by atoms with van der Waals surface area (Å²) in [5.74, 6) is 0. The van der Waals surface area contributed by atoms with Gasteiger partial charge in [0.15, 0.2) is 0 Å². The van der Waals surface area contributed by atoms with Gasteiger partial charge in [0.25, 0.3) is 0 Å². The molecule has 25 heavy (non-hydrogen) atoms. The summed E-state index contributed by atoms with van der Waals surface area (Å²) in [7, 11) is 0. The van der Waals surface area contributed by atoms with Gasteiger partial charge < -0.3 is 19.9 Å². The first-order valence-corrected chi connectivity index (χ1v) is 9.42. The van der Waals surface area contributed by atoms with Crippen LogP contribution < -0.4 is 5.32 Å².